The SMILES string of the molecule is CCCc1c(O)cc(O)c2c1C(=O)OC[C@H](NC(=O)[C@H](CO)NC(=O)OC(C)(C)C)C(=O)N[C@H](C(=O)OC)CSC2. The first-order valence-electron chi connectivity index (χ1n) is 12.8. The molecule has 1 aliphatic heterocycles. The molecule has 3 amide bonds. The van der Waals surface area contributed by atoms with Gasteiger partial charge in [0.25, 0.3) is 0 Å². The summed E-state index contributed by atoms with van der Waals surface area (Å²) in [5.74, 6) is -4.34. The molecule has 1 heterocycles. The van der Waals surface area contributed by atoms with E-state index in [4.69, 9.17) is 14.2 Å². The number of aromatic hydroxyl groups is 2. The van der Waals surface area contributed by atoms with Crippen LogP contribution in [0.3, 0.4) is 0 Å². The number of rotatable bonds is 7. The predicted molar refractivity (Wildman–Crippen MR) is 146 cm³/mol. The lowest BCUT2D eigenvalue weighted by molar-refractivity contribution is -0.144. The Morgan fingerprint density at radius 1 is 1.22 bits per heavy atom. The van der Waals surface area contributed by atoms with Gasteiger partial charge in [0.15, 0.2) is 0 Å². The monoisotopic (exact) mass is 599 g/mol. The van der Waals surface area contributed by atoms with E-state index in [0.29, 0.717) is 6.42 Å². The first kappa shape index (κ1) is 33.5. The summed E-state index contributed by atoms with van der Waals surface area (Å²) in [6, 6.07) is -3.17. The largest absolute Gasteiger partial charge is 0.508 e. The number of hydrogen-bond donors (Lipinski definition) is 6. The van der Waals surface area contributed by atoms with Gasteiger partial charge in [-0.3, -0.25) is 9.59 Å². The van der Waals surface area contributed by atoms with Gasteiger partial charge in [0, 0.05) is 28.7 Å². The van der Waals surface area contributed by atoms with Crippen molar-refractivity contribution in [3.05, 3.63) is 22.8 Å². The second kappa shape index (κ2) is 14.8. The predicted octanol–water partition coefficient (Wildman–Crippen LogP) is 0.482. The van der Waals surface area contributed by atoms with Crippen molar-refractivity contribution in [1.82, 2.24) is 16.0 Å². The summed E-state index contributed by atoms with van der Waals surface area (Å²) in [6.45, 7) is 5.04. The zero-order valence-corrected chi connectivity index (χ0v) is 24.4. The number of methoxy groups -OCH3 is 1. The van der Waals surface area contributed by atoms with Crippen molar-refractivity contribution < 1.29 is 53.5 Å². The number of nitrogens with one attached hydrogen (secondary N) is 3. The number of alkyl carbamates (subject to hydrolysis) is 1. The average molecular weight is 600 g/mol. The van der Waals surface area contributed by atoms with Gasteiger partial charge < -0.3 is 45.5 Å². The zero-order valence-electron chi connectivity index (χ0n) is 23.6. The minimum Gasteiger partial charge on any atom is -0.508 e. The van der Waals surface area contributed by atoms with Crippen LogP contribution in [0.25, 0.3) is 0 Å². The highest BCUT2D eigenvalue weighted by molar-refractivity contribution is 7.98. The van der Waals surface area contributed by atoms with Crippen molar-refractivity contribution in [2.24, 2.45) is 0 Å². The standard InChI is InChI=1S/C26H37N3O11S/c1-6-7-13-18(31)8-19(32)14-11-41-12-17(23(35)38-5)28-22(34)16(10-39-24(36)20(13)14)27-21(33)15(9-30)29-25(37)40-26(2,3)4/h8,15-17,30-32H,6-7,9-12H2,1-5H3,(H,27,33)(H,28,34)(H,29,37)/t15-,16-,17-/m0/s1. The van der Waals surface area contributed by atoms with E-state index >= 15 is 0 Å². The van der Waals surface area contributed by atoms with Gasteiger partial charge in [-0.25, -0.2) is 14.4 Å². The Morgan fingerprint density at radius 2 is 1.90 bits per heavy atom. The van der Waals surface area contributed by atoms with Crippen LogP contribution in [0, 0.1) is 0 Å². The molecule has 3 atom stereocenters. The molecule has 0 fully saturated rings. The van der Waals surface area contributed by atoms with Crippen LogP contribution in [0.2, 0.25) is 0 Å². The molecular formula is C26H37N3O11S. The highest BCUT2D eigenvalue weighted by Gasteiger charge is 2.33. The Labute approximate surface area is 241 Å². The number of carbonyl (C=O) groups is 5. The molecule has 2 rings (SSSR count). The number of benzene rings is 1. The van der Waals surface area contributed by atoms with E-state index < -0.39 is 66.8 Å². The lowest BCUT2D eigenvalue weighted by Gasteiger charge is -2.26. The van der Waals surface area contributed by atoms with Crippen molar-refractivity contribution >= 4 is 41.6 Å². The number of aliphatic hydroxyl groups excluding tert-OH is 1. The minimum atomic E-state index is -1.58. The third kappa shape index (κ3) is 9.42. The van der Waals surface area contributed by atoms with Gasteiger partial charge in [0.05, 0.1) is 19.3 Å². The number of carbonyl (C=O) groups excluding carboxylic acids is 5. The van der Waals surface area contributed by atoms with Gasteiger partial charge in [-0.15, -0.1) is 0 Å². The number of aliphatic hydroxyl groups is 1. The Kier molecular flexibility index (Phi) is 12.1. The third-order valence-electron chi connectivity index (χ3n) is 5.74. The summed E-state index contributed by atoms with van der Waals surface area (Å²) in [5.41, 5.74) is -0.574. The van der Waals surface area contributed by atoms with Crippen LogP contribution < -0.4 is 16.0 Å². The van der Waals surface area contributed by atoms with Crippen LogP contribution >= 0.6 is 11.8 Å². The molecule has 15 heteroatoms. The van der Waals surface area contributed by atoms with Crippen molar-refractivity contribution in [1.29, 1.82) is 0 Å². The third-order valence-corrected chi connectivity index (χ3v) is 6.80. The molecule has 0 radical (unpaired) electrons. The first-order chi connectivity index (χ1) is 19.2. The smallest absolute Gasteiger partial charge is 0.408 e. The van der Waals surface area contributed by atoms with E-state index in [1.165, 1.54) is 0 Å². The maximum atomic E-state index is 13.3. The number of fused-ring (bicyclic) bond motifs is 1. The number of phenols is 2. The van der Waals surface area contributed by atoms with Crippen molar-refractivity contribution in [2.75, 3.05) is 26.1 Å². The number of hydrogen-bond acceptors (Lipinski definition) is 12. The van der Waals surface area contributed by atoms with E-state index in [-0.39, 0.29) is 46.1 Å². The average Bonchev–Trinajstić information content (AvgIpc) is 2.88. The molecule has 0 unspecified atom stereocenters. The quantitative estimate of drug-likeness (QED) is 0.187. The van der Waals surface area contributed by atoms with E-state index in [2.05, 4.69) is 16.0 Å². The molecule has 0 aliphatic carbocycles. The molecule has 1 aromatic carbocycles. The Hall–Kier alpha value is -3.72. The fourth-order valence-corrected chi connectivity index (χ4v) is 4.90. The molecule has 1 aliphatic rings. The fourth-order valence-electron chi connectivity index (χ4n) is 3.83. The van der Waals surface area contributed by atoms with Gasteiger partial charge in [-0.05, 0) is 27.2 Å². The van der Waals surface area contributed by atoms with Gasteiger partial charge in [0.2, 0.25) is 11.8 Å². The van der Waals surface area contributed by atoms with E-state index in [1.54, 1.807) is 20.8 Å². The molecule has 14 nitrogen and oxygen atoms in total. The van der Waals surface area contributed by atoms with Crippen molar-refractivity contribution in [2.45, 2.75) is 70.0 Å². The summed E-state index contributed by atoms with van der Waals surface area (Å²) < 4.78 is 15.2. The van der Waals surface area contributed by atoms with Gasteiger partial charge in [-0.1, -0.05) is 13.3 Å². The zero-order chi connectivity index (χ0) is 30.9. The number of ether oxygens (including phenoxy) is 3. The topological polar surface area (TPSA) is 210 Å². The number of amides is 3. The number of esters is 2. The maximum absolute atomic E-state index is 13.3. The second-order valence-corrected chi connectivity index (χ2v) is 11.2. The van der Waals surface area contributed by atoms with Crippen molar-refractivity contribution in [3.8, 4) is 11.5 Å². The Bertz CT molecular complexity index is 1150. The highest BCUT2D eigenvalue weighted by Crippen LogP contribution is 2.36. The second-order valence-electron chi connectivity index (χ2n) is 10.1. The normalized spacial score (nSPS) is 18.8. The summed E-state index contributed by atoms with van der Waals surface area (Å²) in [6.07, 6.45) is -0.179. The molecule has 0 aromatic heterocycles. The van der Waals surface area contributed by atoms with Crippen molar-refractivity contribution in [3.63, 3.8) is 0 Å². The lowest BCUT2D eigenvalue weighted by Crippen LogP contribution is -2.58. The van der Waals surface area contributed by atoms with Gasteiger partial charge in [-0.2, -0.15) is 11.8 Å². The van der Waals surface area contributed by atoms with Crippen LogP contribution in [-0.4, -0.2) is 95.0 Å². The van der Waals surface area contributed by atoms with E-state index in [0.717, 1.165) is 24.9 Å². The van der Waals surface area contributed by atoms with Crippen LogP contribution in [-0.2, 0) is 40.8 Å². The summed E-state index contributed by atoms with van der Waals surface area (Å²) in [7, 11) is 1.13. The van der Waals surface area contributed by atoms with Crippen LogP contribution in [0.4, 0.5) is 4.79 Å². The molecule has 0 saturated heterocycles. The molecule has 6 N–H and O–H groups in total. The number of phenolic OH excluding ortho intramolecular Hbond substituents is 2. The summed E-state index contributed by atoms with van der Waals surface area (Å²) in [4.78, 5) is 63.9. The molecule has 41 heavy (non-hydrogen) atoms. The molecule has 1 aromatic rings. The number of cyclic esters (lactones) is 1. The van der Waals surface area contributed by atoms with Crippen LogP contribution in [0.1, 0.15) is 55.6 Å². The van der Waals surface area contributed by atoms with Gasteiger partial charge >= 0.3 is 18.0 Å². The lowest BCUT2D eigenvalue weighted by atomic mass is 9.96. The highest BCUT2D eigenvalue weighted by atomic mass is 32.2. The Balaban J connectivity index is 2.43. The molecule has 0 bridgehead atoms. The maximum Gasteiger partial charge on any atom is 0.408 e. The van der Waals surface area contributed by atoms with Crippen LogP contribution in [0.15, 0.2) is 6.07 Å². The fraction of sp³-hybridized carbons (Fsp3) is 0.577. The molecular weight excluding hydrogens is 562 g/mol. The van der Waals surface area contributed by atoms with E-state index in [9.17, 15) is 39.3 Å². The Morgan fingerprint density at radius 3 is 2.49 bits per heavy atom. The van der Waals surface area contributed by atoms with Gasteiger partial charge in [0.1, 0.15) is 41.8 Å². The molecule has 0 saturated carbocycles. The summed E-state index contributed by atoms with van der Waals surface area (Å²) in [5, 5.41) is 37.6. The van der Waals surface area contributed by atoms with E-state index in [1.807, 2.05) is 6.92 Å². The first-order valence-corrected chi connectivity index (χ1v) is 14.0. The van der Waals surface area contributed by atoms with Crippen LogP contribution in [0.5, 0.6) is 11.5 Å². The minimum absolute atomic E-state index is 0.0313. The molecule has 228 valence electrons. The molecule has 0 spiro atoms. The number of thioether (sulfide) groups is 1. The summed E-state index contributed by atoms with van der Waals surface area (Å²) >= 11 is 1.10.